The minimum atomic E-state index is 0.111. The summed E-state index contributed by atoms with van der Waals surface area (Å²) >= 11 is 0. The molecule has 1 aliphatic rings. The molecule has 1 aliphatic carbocycles. The Hall–Kier alpha value is -1.18. The Balaban J connectivity index is 2.27. The summed E-state index contributed by atoms with van der Waals surface area (Å²) in [5, 5.41) is 0. The Labute approximate surface area is 90.7 Å². The summed E-state index contributed by atoms with van der Waals surface area (Å²) in [6.07, 6.45) is 3.35. The lowest BCUT2D eigenvalue weighted by Crippen LogP contribution is -2.07. The Morgan fingerprint density at radius 1 is 1.27 bits per heavy atom. The average Bonchev–Trinajstić information content (AvgIpc) is 2.58. The summed E-state index contributed by atoms with van der Waals surface area (Å²) in [7, 11) is 0. The highest BCUT2D eigenvalue weighted by atomic mass is 16.1. The van der Waals surface area contributed by atoms with Gasteiger partial charge in [-0.05, 0) is 23.0 Å². The highest BCUT2D eigenvalue weighted by molar-refractivity contribution is 6.00. The monoisotopic (exact) mass is 203 g/mol. The number of carbonyl (C=O) groups is 1. The molecule has 0 bridgehead atoms. The second-order valence-electron chi connectivity index (χ2n) is 5.48. The molecule has 1 aromatic rings. The van der Waals surface area contributed by atoms with Crippen molar-refractivity contribution in [2.75, 3.05) is 0 Å². The lowest BCUT2D eigenvalue weighted by Gasteiger charge is -2.03. The lowest BCUT2D eigenvalue weighted by molar-refractivity contribution is 0.0945. The second-order valence-corrected chi connectivity index (χ2v) is 5.48. The second kappa shape index (κ2) is 2.91. The third-order valence-electron chi connectivity index (χ3n) is 4.23. The number of Topliss-reactive ketones (excluding diaryl/α,β-unsaturated/α-hetero) is 1. The predicted molar refractivity (Wildman–Crippen MR) is 59.6 cm³/mol. The third kappa shape index (κ3) is 1.31. The molecule has 1 aromatic heterocycles. The fourth-order valence-electron chi connectivity index (χ4n) is 2.53. The summed E-state index contributed by atoms with van der Waals surface area (Å²) in [4.78, 5) is 16.2. The Morgan fingerprint density at radius 2 is 1.87 bits per heavy atom. The zero-order chi connectivity index (χ0) is 11.3. The van der Waals surface area contributed by atoms with E-state index in [1.165, 1.54) is 0 Å². The van der Waals surface area contributed by atoms with Crippen LogP contribution in [0.25, 0.3) is 0 Å². The molecule has 1 fully saturated rings. The van der Waals surface area contributed by atoms with Crippen LogP contribution in [0.5, 0.6) is 0 Å². The van der Waals surface area contributed by atoms with Crippen LogP contribution in [0.4, 0.5) is 0 Å². The molecule has 1 saturated carbocycles. The summed E-state index contributed by atoms with van der Waals surface area (Å²) in [5.74, 6) is 0.368. The van der Waals surface area contributed by atoms with Crippen molar-refractivity contribution in [3.8, 4) is 0 Å². The van der Waals surface area contributed by atoms with E-state index < -0.39 is 0 Å². The zero-order valence-corrected chi connectivity index (χ0v) is 9.74. The third-order valence-corrected chi connectivity index (χ3v) is 4.23. The summed E-state index contributed by atoms with van der Waals surface area (Å²) in [6, 6.07) is 3.66. The number of pyridine rings is 1. The molecule has 0 unspecified atom stereocenters. The van der Waals surface area contributed by atoms with E-state index in [1.807, 2.05) is 12.1 Å². The number of hydrogen-bond acceptors (Lipinski definition) is 2. The molecular formula is C13H17NO. The molecule has 2 rings (SSSR count). The van der Waals surface area contributed by atoms with E-state index in [0.29, 0.717) is 0 Å². The van der Waals surface area contributed by atoms with Gasteiger partial charge in [-0.3, -0.25) is 9.78 Å². The van der Waals surface area contributed by atoms with Gasteiger partial charge in [0.2, 0.25) is 0 Å². The van der Waals surface area contributed by atoms with Gasteiger partial charge < -0.3 is 0 Å². The van der Waals surface area contributed by atoms with Crippen LogP contribution in [0, 0.1) is 16.7 Å². The number of nitrogens with zero attached hydrogens (tertiary/aromatic N) is 1. The van der Waals surface area contributed by atoms with Crippen molar-refractivity contribution in [3.63, 3.8) is 0 Å². The van der Waals surface area contributed by atoms with Gasteiger partial charge in [0.15, 0.2) is 5.78 Å². The SMILES string of the molecule is CC1(C)C(C(=O)c2cccnc2)C1(C)C. The highest BCUT2D eigenvalue weighted by Crippen LogP contribution is 2.69. The van der Waals surface area contributed by atoms with Crippen LogP contribution in [-0.2, 0) is 0 Å². The van der Waals surface area contributed by atoms with E-state index >= 15 is 0 Å². The van der Waals surface area contributed by atoms with Crippen LogP contribution < -0.4 is 0 Å². The molecule has 1 heterocycles. The molecule has 0 radical (unpaired) electrons. The summed E-state index contributed by atoms with van der Waals surface area (Å²) < 4.78 is 0. The van der Waals surface area contributed by atoms with Crippen molar-refractivity contribution in [3.05, 3.63) is 30.1 Å². The minimum Gasteiger partial charge on any atom is -0.294 e. The maximum Gasteiger partial charge on any atom is 0.168 e. The first-order valence-electron chi connectivity index (χ1n) is 5.33. The number of rotatable bonds is 2. The normalized spacial score (nSPS) is 22.4. The minimum absolute atomic E-state index is 0.111. The van der Waals surface area contributed by atoms with Crippen LogP contribution in [-0.4, -0.2) is 10.8 Å². The van der Waals surface area contributed by atoms with E-state index in [9.17, 15) is 4.79 Å². The number of ketones is 1. The number of hydrogen-bond donors (Lipinski definition) is 0. The number of carbonyl (C=O) groups excluding carboxylic acids is 1. The van der Waals surface area contributed by atoms with E-state index in [2.05, 4.69) is 32.7 Å². The zero-order valence-electron chi connectivity index (χ0n) is 9.74. The van der Waals surface area contributed by atoms with Crippen LogP contribution in [0.3, 0.4) is 0 Å². The van der Waals surface area contributed by atoms with Gasteiger partial charge in [0, 0.05) is 23.9 Å². The van der Waals surface area contributed by atoms with Crippen molar-refractivity contribution < 1.29 is 4.79 Å². The fraction of sp³-hybridized carbons (Fsp3) is 0.538. The average molecular weight is 203 g/mol. The van der Waals surface area contributed by atoms with E-state index in [0.717, 1.165) is 5.56 Å². The van der Waals surface area contributed by atoms with Gasteiger partial charge in [-0.2, -0.15) is 0 Å². The lowest BCUT2D eigenvalue weighted by atomic mass is 10.0. The first-order chi connectivity index (χ1) is 6.89. The Bertz CT molecular complexity index is 378. The first kappa shape index (κ1) is 10.3. The van der Waals surface area contributed by atoms with E-state index in [-0.39, 0.29) is 22.5 Å². The smallest absolute Gasteiger partial charge is 0.168 e. The molecule has 0 N–H and O–H groups in total. The maximum atomic E-state index is 12.2. The number of aromatic nitrogens is 1. The predicted octanol–water partition coefficient (Wildman–Crippen LogP) is 2.95. The van der Waals surface area contributed by atoms with E-state index in [1.54, 1.807) is 12.4 Å². The van der Waals surface area contributed by atoms with E-state index in [4.69, 9.17) is 0 Å². The molecule has 0 saturated heterocycles. The molecule has 15 heavy (non-hydrogen) atoms. The molecule has 0 atom stereocenters. The highest BCUT2D eigenvalue weighted by Gasteiger charge is 2.67. The van der Waals surface area contributed by atoms with Gasteiger partial charge in [-0.15, -0.1) is 0 Å². The van der Waals surface area contributed by atoms with Gasteiger partial charge >= 0.3 is 0 Å². The van der Waals surface area contributed by atoms with Gasteiger partial charge in [0.25, 0.3) is 0 Å². The van der Waals surface area contributed by atoms with Crippen LogP contribution in [0.1, 0.15) is 38.1 Å². The molecule has 0 aromatic carbocycles. The molecule has 2 heteroatoms. The fourth-order valence-corrected chi connectivity index (χ4v) is 2.53. The van der Waals surface area contributed by atoms with Crippen LogP contribution >= 0.6 is 0 Å². The largest absolute Gasteiger partial charge is 0.294 e. The van der Waals surface area contributed by atoms with Gasteiger partial charge in [-0.1, -0.05) is 27.7 Å². The van der Waals surface area contributed by atoms with Crippen LogP contribution in [0.15, 0.2) is 24.5 Å². The van der Waals surface area contributed by atoms with Crippen molar-refractivity contribution in [1.29, 1.82) is 0 Å². The van der Waals surface area contributed by atoms with Crippen molar-refractivity contribution in [1.82, 2.24) is 4.98 Å². The Morgan fingerprint density at radius 3 is 2.27 bits per heavy atom. The quantitative estimate of drug-likeness (QED) is 0.692. The van der Waals surface area contributed by atoms with Gasteiger partial charge in [0.1, 0.15) is 0 Å². The maximum absolute atomic E-state index is 12.2. The molecule has 2 nitrogen and oxygen atoms in total. The molecular weight excluding hydrogens is 186 g/mol. The first-order valence-corrected chi connectivity index (χ1v) is 5.33. The van der Waals surface area contributed by atoms with Crippen molar-refractivity contribution >= 4 is 5.78 Å². The summed E-state index contributed by atoms with van der Waals surface area (Å²) in [5.41, 5.74) is 0.959. The molecule has 80 valence electrons. The Kier molecular flexibility index (Phi) is 2.00. The standard InChI is InChI=1S/C13H17NO/c1-12(2)11(13(12,3)4)10(15)9-6-5-7-14-8-9/h5-8,11H,1-4H3. The summed E-state index contributed by atoms with van der Waals surface area (Å²) in [6.45, 7) is 8.63. The van der Waals surface area contributed by atoms with Crippen molar-refractivity contribution in [2.24, 2.45) is 16.7 Å². The van der Waals surface area contributed by atoms with Gasteiger partial charge in [-0.25, -0.2) is 0 Å². The van der Waals surface area contributed by atoms with Crippen molar-refractivity contribution in [2.45, 2.75) is 27.7 Å². The topological polar surface area (TPSA) is 30.0 Å². The molecule has 0 aliphatic heterocycles. The van der Waals surface area contributed by atoms with Crippen LogP contribution in [0.2, 0.25) is 0 Å². The molecule has 0 spiro atoms. The molecule has 0 amide bonds. The van der Waals surface area contributed by atoms with Gasteiger partial charge in [0.05, 0.1) is 0 Å².